The van der Waals surface area contributed by atoms with Gasteiger partial charge in [-0.15, -0.1) is 0 Å². The van der Waals surface area contributed by atoms with E-state index >= 15 is 4.39 Å². The fourth-order valence-electron chi connectivity index (χ4n) is 7.44. The normalized spacial score (nSPS) is 18.6. The molecular formula is C36H43F4N5O8S. The number of methoxy groups -OCH3 is 1. The van der Waals surface area contributed by atoms with Crippen LogP contribution < -0.4 is 20.0 Å². The third-order valence-corrected chi connectivity index (χ3v) is 11.9. The molecule has 2 saturated heterocycles. The molecule has 3 aromatic rings. The number of nitrogens with one attached hydrogen (secondary N) is 1. The van der Waals surface area contributed by atoms with Gasteiger partial charge in [-0.3, -0.25) is 14.5 Å². The average Bonchev–Trinajstić information content (AvgIpc) is 3.67. The van der Waals surface area contributed by atoms with Gasteiger partial charge in [-0.05, 0) is 69.5 Å². The Bertz CT molecular complexity index is 2120. The smallest absolute Gasteiger partial charge is 0.392 e. The SMILES string of the molecule is COC[C@H]1CN(c2cc(C)c3c4c(c(=O)oc3c2C)CN(C(=O)c2ccc(C(=O)NS(=O)(=O)N3CCCC3)c(OCCC(F)(F)F)c2F)CC4)CCN1C. The number of amides is 2. The maximum atomic E-state index is 16.1. The maximum absolute atomic E-state index is 16.1. The van der Waals surface area contributed by atoms with Crippen LogP contribution >= 0.6 is 0 Å². The maximum Gasteiger partial charge on any atom is 0.392 e. The van der Waals surface area contributed by atoms with Gasteiger partial charge in [0.2, 0.25) is 0 Å². The topological polar surface area (TPSA) is 142 Å². The Labute approximate surface area is 309 Å². The first kappa shape index (κ1) is 39.4. The molecule has 0 spiro atoms. The summed E-state index contributed by atoms with van der Waals surface area (Å²) in [6.07, 6.45) is -4.83. The number of alkyl halides is 3. The van der Waals surface area contributed by atoms with Crippen molar-refractivity contribution in [3.63, 3.8) is 0 Å². The van der Waals surface area contributed by atoms with Gasteiger partial charge in [-0.2, -0.15) is 25.9 Å². The molecule has 54 heavy (non-hydrogen) atoms. The second-order valence-corrected chi connectivity index (χ2v) is 15.6. The molecule has 18 heteroatoms. The van der Waals surface area contributed by atoms with E-state index in [9.17, 15) is 36.0 Å². The summed E-state index contributed by atoms with van der Waals surface area (Å²) in [5, 5.41) is 0.756. The molecule has 0 bridgehead atoms. The molecule has 0 saturated carbocycles. The van der Waals surface area contributed by atoms with Gasteiger partial charge in [0.1, 0.15) is 5.58 Å². The molecule has 3 aliphatic rings. The summed E-state index contributed by atoms with van der Waals surface area (Å²) >= 11 is 0. The van der Waals surface area contributed by atoms with E-state index in [0.717, 1.165) is 58.3 Å². The van der Waals surface area contributed by atoms with E-state index in [2.05, 4.69) is 22.9 Å². The highest BCUT2D eigenvalue weighted by Gasteiger charge is 2.35. The zero-order valence-electron chi connectivity index (χ0n) is 30.5. The van der Waals surface area contributed by atoms with E-state index in [4.69, 9.17) is 13.9 Å². The molecule has 0 aliphatic carbocycles. The number of carbonyl (C=O) groups is 2. The Hall–Kier alpha value is -4.26. The molecule has 1 atom stereocenters. The number of aryl methyl sites for hydroxylation is 2. The number of anilines is 1. The van der Waals surface area contributed by atoms with Gasteiger partial charge in [0.15, 0.2) is 11.6 Å². The summed E-state index contributed by atoms with van der Waals surface area (Å²) in [6, 6.07) is 4.10. The number of likely N-dealkylation sites (N-methyl/N-ethyl adjacent to an activating group) is 1. The first-order chi connectivity index (χ1) is 25.5. The van der Waals surface area contributed by atoms with Crippen molar-refractivity contribution in [1.82, 2.24) is 18.8 Å². The average molecular weight is 782 g/mol. The number of fused-ring (bicyclic) bond motifs is 3. The molecule has 2 fully saturated rings. The number of carbonyl (C=O) groups excluding carboxylic acids is 2. The molecule has 2 amide bonds. The van der Waals surface area contributed by atoms with Crippen LogP contribution in [-0.4, -0.2) is 113 Å². The zero-order chi connectivity index (χ0) is 39.1. The van der Waals surface area contributed by atoms with Gasteiger partial charge in [0.25, 0.3) is 11.8 Å². The third kappa shape index (κ3) is 7.92. The highest BCUT2D eigenvalue weighted by Crippen LogP contribution is 2.37. The van der Waals surface area contributed by atoms with E-state index in [-0.39, 0.29) is 44.2 Å². The molecule has 4 heterocycles. The monoisotopic (exact) mass is 781 g/mol. The minimum atomic E-state index is -4.69. The Morgan fingerprint density at radius 1 is 1.04 bits per heavy atom. The van der Waals surface area contributed by atoms with E-state index in [1.807, 2.05) is 18.6 Å². The zero-order valence-corrected chi connectivity index (χ0v) is 31.3. The third-order valence-electron chi connectivity index (χ3n) is 10.4. The van der Waals surface area contributed by atoms with Crippen LogP contribution in [0.2, 0.25) is 0 Å². The summed E-state index contributed by atoms with van der Waals surface area (Å²) in [4.78, 5) is 46.1. The molecule has 1 N–H and O–H groups in total. The Morgan fingerprint density at radius 2 is 1.74 bits per heavy atom. The van der Waals surface area contributed by atoms with Gasteiger partial charge in [0, 0.05) is 63.0 Å². The van der Waals surface area contributed by atoms with Crippen molar-refractivity contribution in [3.05, 3.63) is 67.8 Å². The summed E-state index contributed by atoms with van der Waals surface area (Å²) in [5.41, 5.74) is 1.97. The van der Waals surface area contributed by atoms with Crippen molar-refractivity contribution in [2.45, 2.75) is 58.3 Å². The second kappa shape index (κ2) is 15.5. The largest absolute Gasteiger partial charge is 0.489 e. The summed E-state index contributed by atoms with van der Waals surface area (Å²) in [5.74, 6) is -4.70. The van der Waals surface area contributed by atoms with Crippen LogP contribution in [0.4, 0.5) is 23.2 Å². The number of benzene rings is 2. The lowest BCUT2D eigenvalue weighted by Gasteiger charge is -2.41. The number of hydrogen-bond acceptors (Lipinski definition) is 10. The highest BCUT2D eigenvalue weighted by atomic mass is 32.2. The summed E-state index contributed by atoms with van der Waals surface area (Å²) < 4.78 is 99.8. The van der Waals surface area contributed by atoms with Gasteiger partial charge in [-0.1, -0.05) is 0 Å². The van der Waals surface area contributed by atoms with Crippen molar-refractivity contribution >= 4 is 38.7 Å². The minimum Gasteiger partial charge on any atom is -0.489 e. The van der Waals surface area contributed by atoms with Crippen molar-refractivity contribution in [3.8, 4) is 5.75 Å². The number of ether oxygens (including phenoxy) is 2. The molecule has 0 radical (unpaired) electrons. The van der Waals surface area contributed by atoms with Crippen LogP contribution in [0, 0.1) is 19.7 Å². The number of halogens is 4. The molecule has 6 rings (SSSR count). The van der Waals surface area contributed by atoms with Crippen LogP contribution in [0.1, 0.15) is 62.2 Å². The standard InChI is InChI=1S/C36H43F4N5O8S/c1-21-17-28(43-15-14-42(3)23(18-43)20-51-4)22(2)31-29(21)24-9-13-44(19-27(24)35(48)53-31)34(47)25-7-8-26(32(30(25)37)52-16-10-36(38,39)40)33(46)41-54(49,50)45-11-5-6-12-45/h7-8,17,23H,5-6,9-16,18-20H2,1-4H3,(H,41,46)/t23-/m1/s1. The lowest BCUT2D eigenvalue weighted by Crippen LogP contribution is -2.53. The molecule has 294 valence electrons. The lowest BCUT2D eigenvalue weighted by atomic mass is 9.92. The molecule has 1 aromatic heterocycles. The van der Waals surface area contributed by atoms with Crippen LogP contribution in [-0.2, 0) is 27.9 Å². The van der Waals surface area contributed by atoms with Crippen LogP contribution in [0.5, 0.6) is 5.75 Å². The molecule has 3 aliphatic heterocycles. The number of hydrogen-bond donors (Lipinski definition) is 1. The quantitative estimate of drug-likeness (QED) is 0.238. The fourth-order valence-corrected chi connectivity index (χ4v) is 8.65. The number of nitrogens with zero attached hydrogens (tertiary/aromatic N) is 4. The first-order valence-electron chi connectivity index (χ1n) is 17.7. The summed E-state index contributed by atoms with van der Waals surface area (Å²) in [6.45, 7) is 5.71. The second-order valence-electron chi connectivity index (χ2n) is 14.0. The molecule has 13 nitrogen and oxygen atoms in total. The van der Waals surface area contributed by atoms with Crippen molar-refractivity contribution in [2.24, 2.45) is 0 Å². The van der Waals surface area contributed by atoms with Gasteiger partial charge >= 0.3 is 22.0 Å². The Balaban J connectivity index is 1.29. The van der Waals surface area contributed by atoms with Crippen molar-refractivity contribution < 1.29 is 49.5 Å². The van der Waals surface area contributed by atoms with Crippen molar-refractivity contribution in [1.29, 1.82) is 0 Å². The Morgan fingerprint density at radius 3 is 2.43 bits per heavy atom. The Kier molecular flexibility index (Phi) is 11.3. The van der Waals surface area contributed by atoms with Crippen LogP contribution in [0.25, 0.3) is 11.0 Å². The first-order valence-corrected chi connectivity index (χ1v) is 19.1. The summed E-state index contributed by atoms with van der Waals surface area (Å²) in [7, 11) is -0.620. The van der Waals surface area contributed by atoms with Crippen LogP contribution in [0.15, 0.2) is 27.4 Å². The highest BCUT2D eigenvalue weighted by molar-refractivity contribution is 7.87. The van der Waals surface area contributed by atoms with Crippen molar-refractivity contribution in [2.75, 3.05) is 71.5 Å². The van der Waals surface area contributed by atoms with E-state index in [1.54, 1.807) is 7.11 Å². The number of rotatable bonds is 10. The molecule has 0 unspecified atom stereocenters. The van der Waals surface area contributed by atoms with Gasteiger partial charge in [-0.25, -0.2) is 13.9 Å². The lowest BCUT2D eigenvalue weighted by molar-refractivity contribution is -0.139. The van der Waals surface area contributed by atoms with Gasteiger partial charge in [0.05, 0.1) is 48.9 Å². The minimum absolute atomic E-state index is 0.0573. The van der Waals surface area contributed by atoms with E-state index < -0.39 is 69.5 Å². The predicted molar refractivity (Wildman–Crippen MR) is 191 cm³/mol. The van der Waals surface area contributed by atoms with E-state index in [0.29, 0.717) is 30.6 Å². The van der Waals surface area contributed by atoms with E-state index in [1.165, 1.54) is 4.90 Å². The van der Waals surface area contributed by atoms with Gasteiger partial charge < -0.3 is 23.7 Å². The fraction of sp³-hybridized carbons (Fsp3) is 0.528. The molecular weight excluding hydrogens is 738 g/mol. The predicted octanol–water partition coefficient (Wildman–Crippen LogP) is 3.92. The number of piperazine rings is 1. The molecule has 2 aromatic carbocycles. The van der Waals surface area contributed by atoms with Crippen LogP contribution in [0.3, 0.4) is 0 Å².